The van der Waals surface area contributed by atoms with Crippen LogP contribution in [0.1, 0.15) is 47.2 Å². The second kappa shape index (κ2) is 12.9. The first-order valence-corrected chi connectivity index (χ1v) is 13.7. The molecule has 12 heteroatoms. The van der Waals surface area contributed by atoms with Gasteiger partial charge in [-0.25, -0.2) is 14.2 Å². The molecule has 222 valence electrons. The van der Waals surface area contributed by atoms with E-state index < -0.39 is 11.9 Å². The van der Waals surface area contributed by atoms with Crippen molar-refractivity contribution in [2.75, 3.05) is 30.8 Å². The van der Waals surface area contributed by atoms with Gasteiger partial charge >= 0.3 is 6.09 Å². The number of alkyl carbamates (subject to hydrolysis) is 1. The summed E-state index contributed by atoms with van der Waals surface area (Å²) in [6.07, 6.45) is 2.64. The zero-order chi connectivity index (χ0) is 30.6. The number of carbonyl (C=O) groups excluding carboxylic acids is 3. The van der Waals surface area contributed by atoms with Gasteiger partial charge in [-0.3, -0.25) is 14.6 Å². The normalized spacial score (nSPS) is 18.5. The van der Waals surface area contributed by atoms with Crippen LogP contribution in [-0.2, 0) is 11.2 Å². The number of amides is 2. The van der Waals surface area contributed by atoms with E-state index >= 15 is 0 Å². The number of anilines is 2. The third kappa shape index (κ3) is 6.82. The average molecular weight is 578 g/mol. The number of ether oxygens (including phenoxy) is 1. The van der Waals surface area contributed by atoms with E-state index in [0.29, 0.717) is 18.7 Å². The quantitative estimate of drug-likeness (QED) is 0.295. The summed E-state index contributed by atoms with van der Waals surface area (Å²) in [4.78, 5) is 48.5. The number of Topliss-reactive ketones (excluding diaryl/α,β-unsaturated/α-hetero) is 1. The fraction of sp³-hybridized carbons (Fsp3) is 0.367. The maximum atomic E-state index is 14.9. The summed E-state index contributed by atoms with van der Waals surface area (Å²) in [5.74, 6) is -1.32. The van der Waals surface area contributed by atoms with Crippen molar-refractivity contribution in [3.8, 4) is 11.3 Å². The zero-order valence-electron chi connectivity index (χ0n) is 24.1. The zero-order valence-corrected chi connectivity index (χ0v) is 24.1. The van der Waals surface area contributed by atoms with E-state index in [4.69, 9.17) is 16.2 Å². The van der Waals surface area contributed by atoms with Gasteiger partial charge in [0.2, 0.25) is 0 Å². The lowest BCUT2D eigenvalue weighted by atomic mass is 9.89. The van der Waals surface area contributed by atoms with Crippen LogP contribution in [0.15, 0.2) is 48.8 Å². The van der Waals surface area contributed by atoms with Gasteiger partial charge in [-0.15, -0.1) is 0 Å². The van der Waals surface area contributed by atoms with Crippen LogP contribution in [0.3, 0.4) is 0 Å². The molecule has 1 aliphatic rings. The molecule has 2 aromatic heterocycles. The van der Waals surface area contributed by atoms with Crippen LogP contribution in [0, 0.1) is 11.7 Å². The second-order valence-corrected chi connectivity index (χ2v) is 10.8. The summed E-state index contributed by atoms with van der Waals surface area (Å²) in [6.45, 7) is 6.64. The van der Waals surface area contributed by atoms with E-state index in [1.807, 2.05) is 26.8 Å². The van der Waals surface area contributed by atoms with Gasteiger partial charge in [0.25, 0.3) is 5.91 Å². The number of rotatable bonds is 8. The number of ketones is 1. The van der Waals surface area contributed by atoms with Crippen LogP contribution >= 0.6 is 0 Å². The van der Waals surface area contributed by atoms with Crippen LogP contribution in [0.5, 0.6) is 0 Å². The van der Waals surface area contributed by atoms with E-state index in [2.05, 4.69) is 25.5 Å². The number of methoxy groups -OCH3 is 1. The van der Waals surface area contributed by atoms with E-state index in [1.165, 1.54) is 37.4 Å². The van der Waals surface area contributed by atoms with Crippen molar-refractivity contribution in [3.63, 3.8) is 0 Å². The van der Waals surface area contributed by atoms with Crippen LogP contribution < -0.4 is 27.0 Å². The summed E-state index contributed by atoms with van der Waals surface area (Å²) in [7, 11) is 1.30. The van der Waals surface area contributed by atoms with E-state index in [0.717, 1.165) is 5.69 Å². The predicted octanol–water partition coefficient (Wildman–Crippen LogP) is 2.94. The molecule has 0 spiro atoms. The van der Waals surface area contributed by atoms with E-state index in [1.54, 1.807) is 12.4 Å². The number of aromatic nitrogens is 2. The summed E-state index contributed by atoms with van der Waals surface area (Å²) in [5.41, 5.74) is 14.7. The number of pyridine rings is 2. The number of carbonyl (C=O) groups is 3. The van der Waals surface area contributed by atoms with Crippen molar-refractivity contribution in [3.05, 3.63) is 71.4 Å². The van der Waals surface area contributed by atoms with E-state index in [-0.39, 0.29) is 70.4 Å². The lowest BCUT2D eigenvalue weighted by Gasteiger charge is -2.42. The number of benzene rings is 1. The molecular weight excluding hydrogens is 541 g/mol. The van der Waals surface area contributed by atoms with Crippen molar-refractivity contribution in [2.24, 2.45) is 11.7 Å². The molecule has 0 saturated carbocycles. The van der Waals surface area contributed by atoms with Crippen molar-refractivity contribution in [1.29, 1.82) is 0 Å². The molecule has 1 saturated heterocycles. The first-order valence-electron chi connectivity index (χ1n) is 13.7. The summed E-state index contributed by atoms with van der Waals surface area (Å²) >= 11 is 0. The maximum Gasteiger partial charge on any atom is 0.407 e. The molecule has 4 rings (SSSR count). The van der Waals surface area contributed by atoms with E-state index in [9.17, 15) is 18.8 Å². The minimum atomic E-state index is -0.586. The summed E-state index contributed by atoms with van der Waals surface area (Å²) < 4.78 is 19.6. The third-order valence-corrected chi connectivity index (χ3v) is 7.17. The van der Waals surface area contributed by atoms with Crippen LogP contribution in [-0.4, -0.2) is 66.1 Å². The minimum Gasteiger partial charge on any atom is -0.453 e. The first kappa shape index (κ1) is 30.4. The molecule has 0 aliphatic carbocycles. The Morgan fingerprint density at radius 1 is 1.17 bits per heavy atom. The number of piperidine rings is 1. The van der Waals surface area contributed by atoms with Gasteiger partial charge in [-0.2, -0.15) is 0 Å². The smallest absolute Gasteiger partial charge is 0.407 e. The summed E-state index contributed by atoms with van der Waals surface area (Å²) in [6, 6.07) is 8.07. The SMILES string of the molecule is COC(=O)N[C@@H]1[C@H](N)CN(c2ccncc2CC(=O)c2nc(-c3cc(C(=O)NC(C)C)ccc3F)ccc2N)C[C@@H]1C. The highest BCUT2D eigenvalue weighted by Crippen LogP contribution is 2.29. The van der Waals surface area contributed by atoms with Gasteiger partial charge in [-0.1, -0.05) is 6.92 Å². The van der Waals surface area contributed by atoms with Gasteiger partial charge in [-0.05, 0) is 56.2 Å². The number of nitrogens with zero attached hydrogens (tertiary/aromatic N) is 3. The third-order valence-electron chi connectivity index (χ3n) is 7.17. The number of hydrogen-bond donors (Lipinski definition) is 4. The molecule has 3 aromatic rings. The number of nitrogens with two attached hydrogens (primary N) is 2. The molecule has 6 N–H and O–H groups in total. The van der Waals surface area contributed by atoms with Crippen LogP contribution in [0.2, 0.25) is 0 Å². The van der Waals surface area contributed by atoms with Crippen molar-refractivity contribution >= 4 is 29.2 Å². The Hall–Kier alpha value is -4.58. The molecule has 3 heterocycles. The van der Waals surface area contributed by atoms with Crippen molar-refractivity contribution < 1.29 is 23.5 Å². The molecule has 2 amide bonds. The first-order chi connectivity index (χ1) is 20.0. The molecule has 1 fully saturated rings. The molecule has 1 aromatic carbocycles. The highest BCUT2D eigenvalue weighted by Gasteiger charge is 2.34. The average Bonchev–Trinajstić information content (AvgIpc) is 2.95. The molecule has 1 aliphatic heterocycles. The largest absolute Gasteiger partial charge is 0.453 e. The Kier molecular flexibility index (Phi) is 9.36. The predicted molar refractivity (Wildman–Crippen MR) is 158 cm³/mol. The lowest BCUT2D eigenvalue weighted by molar-refractivity contribution is 0.0941. The maximum absolute atomic E-state index is 14.9. The molecular formula is C30H36FN7O4. The lowest BCUT2D eigenvalue weighted by Crippen LogP contribution is -2.62. The van der Waals surface area contributed by atoms with Gasteiger partial charge < -0.3 is 31.7 Å². The number of hydrogen-bond acceptors (Lipinski definition) is 9. The summed E-state index contributed by atoms with van der Waals surface area (Å²) in [5, 5.41) is 5.58. The monoisotopic (exact) mass is 577 g/mol. The highest BCUT2D eigenvalue weighted by molar-refractivity contribution is 6.01. The Balaban J connectivity index is 1.58. The molecule has 0 unspecified atom stereocenters. The second-order valence-electron chi connectivity index (χ2n) is 10.8. The standard InChI is InChI=1S/C30H36FN7O4/c1-16(2)35-29(40)18-5-6-21(31)20(11-18)24-8-7-22(32)28(36-24)26(39)12-19-13-34-10-9-25(19)38-14-17(3)27(23(33)15-38)37-30(41)42-4/h5-11,13,16-17,23,27H,12,14-15,32-33H2,1-4H3,(H,35,40)(H,37,41)/t17-,23+,27-/m0/s1. The van der Waals surface area contributed by atoms with Gasteiger partial charge in [0, 0.05) is 66.4 Å². The molecule has 3 atom stereocenters. The fourth-order valence-electron chi connectivity index (χ4n) is 5.14. The number of nitrogens with one attached hydrogen (secondary N) is 2. The van der Waals surface area contributed by atoms with Crippen molar-refractivity contribution in [2.45, 2.75) is 45.3 Å². The highest BCUT2D eigenvalue weighted by atomic mass is 19.1. The van der Waals surface area contributed by atoms with Gasteiger partial charge in [0.05, 0.1) is 24.5 Å². The minimum absolute atomic E-state index is 0.00756. The Labute approximate surface area is 243 Å². The number of nitrogen functional groups attached to an aromatic ring is 1. The van der Waals surface area contributed by atoms with Crippen molar-refractivity contribution in [1.82, 2.24) is 20.6 Å². The molecule has 42 heavy (non-hydrogen) atoms. The van der Waals surface area contributed by atoms with Crippen LogP contribution in [0.25, 0.3) is 11.3 Å². The number of halogens is 1. The Morgan fingerprint density at radius 3 is 2.62 bits per heavy atom. The molecule has 0 radical (unpaired) electrons. The Bertz CT molecular complexity index is 1470. The molecule has 0 bridgehead atoms. The van der Waals surface area contributed by atoms with Crippen LogP contribution in [0.4, 0.5) is 20.6 Å². The molecule has 11 nitrogen and oxygen atoms in total. The van der Waals surface area contributed by atoms with Gasteiger partial charge in [0.1, 0.15) is 11.5 Å². The van der Waals surface area contributed by atoms with Gasteiger partial charge in [0.15, 0.2) is 5.78 Å². The fourth-order valence-corrected chi connectivity index (χ4v) is 5.14. The topological polar surface area (TPSA) is 166 Å². The Morgan fingerprint density at radius 2 is 1.93 bits per heavy atom.